The summed E-state index contributed by atoms with van der Waals surface area (Å²) in [6, 6.07) is 4.18. The third kappa shape index (κ3) is 4.28. The van der Waals surface area contributed by atoms with Crippen LogP contribution >= 0.6 is 11.6 Å². The van der Waals surface area contributed by atoms with Crippen molar-refractivity contribution in [2.75, 3.05) is 7.11 Å². The van der Waals surface area contributed by atoms with Crippen LogP contribution in [0.5, 0.6) is 5.75 Å². The van der Waals surface area contributed by atoms with Crippen LogP contribution in [0.1, 0.15) is 66.5 Å². The number of rotatable bonds is 4. The molecule has 1 aliphatic rings. The lowest BCUT2D eigenvalue weighted by atomic mass is 9.73. The van der Waals surface area contributed by atoms with Gasteiger partial charge in [0.2, 0.25) is 0 Å². The van der Waals surface area contributed by atoms with E-state index in [1.807, 2.05) is 0 Å². The van der Waals surface area contributed by atoms with Crippen molar-refractivity contribution in [2.45, 2.75) is 79.3 Å². The molecule has 156 valence electrons. The van der Waals surface area contributed by atoms with Crippen molar-refractivity contribution in [3.63, 3.8) is 0 Å². The molecule has 0 spiro atoms. The highest BCUT2D eigenvalue weighted by atomic mass is 35.5. The molecule has 1 unspecified atom stereocenters. The van der Waals surface area contributed by atoms with Crippen LogP contribution in [0.4, 0.5) is 0 Å². The molecule has 3 heteroatoms. The molecular formula is C25H39ClOSi. The molecule has 1 aliphatic carbocycles. The smallest absolute Gasteiger partial charge is 0.126 e. The predicted octanol–water partition coefficient (Wildman–Crippen LogP) is 7.48. The Bertz CT molecular complexity index is 801. The number of allylic oxidation sites excluding steroid dienone is 4. The molecule has 2 rings (SSSR count). The van der Waals surface area contributed by atoms with Gasteiger partial charge in [-0.1, -0.05) is 97.4 Å². The van der Waals surface area contributed by atoms with Crippen LogP contribution in [0.15, 0.2) is 35.1 Å². The molecule has 0 aromatic heterocycles. The summed E-state index contributed by atoms with van der Waals surface area (Å²) in [5.74, 6) is 1.49. The molecule has 1 aromatic carbocycles. The molecule has 28 heavy (non-hydrogen) atoms. The average molecular weight is 419 g/mol. The van der Waals surface area contributed by atoms with E-state index in [0.717, 1.165) is 10.8 Å². The van der Waals surface area contributed by atoms with Gasteiger partial charge in [-0.15, -0.1) is 0 Å². The van der Waals surface area contributed by atoms with Gasteiger partial charge in [-0.3, -0.25) is 0 Å². The minimum absolute atomic E-state index is 0.0372. The second kappa shape index (κ2) is 7.68. The van der Waals surface area contributed by atoms with E-state index in [1.54, 1.807) is 12.3 Å². The van der Waals surface area contributed by atoms with Gasteiger partial charge in [0.05, 0.1) is 15.9 Å². The SMILES string of the molecule is COc1c(C(C)(C)C)cc(Cl)cc1C(C)(C)C1=C([SiH](C)C)C(C(C)(C)C)C=C1. The van der Waals surface area contributed by atoms with E-state index in [-0.39, 0.29) is 16.2 Å². The topological polar surface area (TPSA) is 9.23 Å². The second-order valence-corrected chi connectivity index (χ2v) is 14.5. The zero-order valence-electron chi connectivity index (χ0n) is 19.8. The molecule has 0 saturated heterocycles. The number of methoxy groups -OCH3 is 1. The molecular weight excluding hydrogens is 380 g/mol. The molecule has 0 saturated carbocycles. The molecule has 0 fully saturated rings. The summed E-state index contributed by atoms with van der Waals surface area (Å²) in [4.78, 5) is 0. The van der Waals surface area contributed by atoms with Gasteiger partial charge in [0, 0.05) is 21.6 Å². The predicted molar refractivity (Wildman–Crippen MR) is 128 cm³/mol. The van der Waals surface area contributed by atoms with E-state index in [4.69, 9.17) is 16.3 Å². The Balaban J connectivity index is 2.79. The van der Waals surface area contributed by atoms with Crippen LogP contribution in [0, 0.1) is 11.3 Å². The van der Waals surface area contributed by atoms with Crippen LogP contribution in [0.2, 0.25) is 18.1 Å². The van der Waals surface area contributed by atoms with E-state index in [9.17, 15) is 0 Å². The third-order valence-corrected chi connectivity index (χ3v) is 8.20. The first-order valence-electron chi connectivity index (χ1n) is 10.4. The highest BCUT2D eigenvalue weighted by molar-refractivity contribution is 6.64. The van der Waals surface area contributed by atoms with Crippen molar-refractivity contribution in [3.8, 4) is 5.75 Å². The summed E-state index contributed by atoms with van der Waals surface area (Å²) in [6.45, 7) is 23.3. The lowest BCUT2D eigenvalue weighted by Crippen LogP contribution is -2.30. The van der Waals surface area contributed by atoms with Crippen molar-refractivity contribution in [1.29, 1.82) is 0 Å². The zero-order valence-corrected chi connectivity index (χ0v) is 21.7. The number of halogens is 1. The van der Waals surface area contributed by atoms with E-state index in [0.29, 0.717) is 5.92 Å². The summed E-state index contributed by atoms with van der Waals surface area (Å²) in [5, 5.41) is 2.46. The minimum atomic E-state index is -1.00. The lowest BCUT2D eigenvalue weighted by Gasteiger charge is -2.36. The molecule has 0 radical (unpaired) electrons. The monoisotopic (exact) mass is 418 g/mol. The van der Waals surface area contributed by atoms with Crippen LogP contribution in [0.3, 0.4) is 0 Å². The van der Waals surface area contributed by atoms with Gasteiger partial charge in [0.15, 0.2) is 0 Å². The van der Waals surface area contributed by atoms with Gasteiger partial charge >= 0.3 is 0 Å². The fourth-order valence-electron chi connectivity index (χ4n) is 4.53. The maximum atomic E-state index is 6.62. The zero-order chi connectivity index (χ0) is 21.7. The van der Waals surface area contributed by atoms with Crippen LogP contribution in [-0.2, 0) is 10.8 Å². The van der Waals surface area contributed by atoms with Gasteiger partial charge in [0.1, 0.15) is 5.75 Å². The summed E-state index contributed by atoms with van der Waals surface area (Å²) < 4.78 is 6.00. The largest absolute Gasteiger partial charge is 0.496 e. The average Bonchev–Trinajstić information content (AvgIpc) is 2.99. The van der Waals surface area contributed by atoms with Crippen molar-refractivity contribution in [1.82, 2.24) is 0 Å². The second-order valence-electron chi connectivity index (χ2n) is 11.1. The van der Waals surface area contributed by atoms with Crippen LogP contribution in [-0.4, -0.2) is 15.9 Å². The number of hydrogen-bond acceptors (Lipinski definition) is 1. The first kappa shape index (κ1) is 23.3. The van der Waals surface area contributed by atoms with E-state index in [1.165, 1.54) is 16.7 Å². The van der Waals surface area contributed by atoms with Gasteiger partial charge in [-0.25, -0.2) is 0 Å². The number of hydrogen-bond donors (Lipinski definition) is 0. The Labute approximate surface area is 179 Å². The maximum absolute atomic E-state index is 6.62. The fraction of sp³-hybridized carbons (Fsp3) is 0.600. The Morgan fingerprint density at radius 3 is 1.89 bits per heavy atom. The highest BCUT2D eigenvalue weighted by Gasteiger charge is 2.39. The number of benzene rings is 1. The minimum Gasteiger partial charge on any atom is -0.496 e. The molecule has 0 heterocycles. The van der Waals surface area contributed by atoms with E-state index in [2.05, 4.69) is 92.8 Å². The molecule has 0 bridgehead atoms. The van der Waals surface area contributed by atoms with Crippen molar-refractivity contribution < 1.29 is 4.74 Å². The summed E-state index contributed by atoms with van der Waals surface area (Å²) >= 11 is 6.62. The molecule has 1 aromatic rings. The Kier molecular flexibility index (Phi) is 6.39. The molecule has 1 nitrogen and oxygen atoms in total. The first-order chi connectivity index (χ1) is 12.6. The van der Waals surface area contributed by atoms with Gasteiger partial charge in [0.25, 0.3) is 0 Å². The van der Waals surface area contributed by atoms with Crippen molar-refractivity contribution in [3.05, 3.63) is 51.2 Å². The lowest BCUT2D eigenvalue weighted by molar-refractivity contribution is 0.339. The van der Waals surface area contributed by atoms with Crippen LogP contribution in [0.25, 0.3) is 0 Å². The molecule has 1 atom stereocenters. The van der Waals surface area contributed by atoms with Crippen molar-refractivity contribution >= 4 is 20.4 Å². The Hall–Kier alpha value is -0.993. The first-order valence-corrected chi connectivity index (χ1v) is 13.7. The van der Waals surface area contributed by atoms with E-state index < -0.39 is 8.80 Å². The molecule has 0 aliphatic heterocycles. The quantitative estimate of drug-likeness (QED) is 0.460. The Morgan fingerprint density at radius 1 is 0.929 bits per heavy atom. The van der Waals surface area contributed by atoms with Gasteiger partial charge in [-0.05, 0) is 34.5 Å². The summed E-state index contributed by atoms with van der Waals surface area (Å²) in [7, 11) is 0.783. The van der Waals surface area contributed by atoms with Crippen molar-refractivity contribution in [2.24, 2.45) is 11.3 Å². The molecule has 0 amide bonds. The normalized spacial score (nSPS) is 18.4. The summed E-state index contributed by atoms with van der Waals surface area (Å²) in [5.41, 5.74) is 3.85. The third-order valence-electron chi connectivity index (χ3n) is 6.07. The Morgan fingerprint density at radius 2 is 1.46 bits per heavy atom. The van der Waals surface area contributed by atoms with Crippen LogP contribution < -0.4 is 4.74 Å². The van der Waals surface area contributed by atoms with E-state index >= 15 is 0 Å². The maximum Gasteiger partial charge on any atom is 0.126 e. The van der Waals surface area contributed by atoms with Gasteiger partial charge < -0.3 is 4.74 Å². The molecule has 0 N–H and O–H groups in total. The summed E-state index contributed by atoms with van der Waals surface area (Å²) in [6.07, 6.45) is 4.82. The van der Waals surface area contributed by atoms with Gasteiger partial charge in [-0.2, -0.15) is 0 Å². The highest BCUT2D eigenvalue weighted by Crippen LogP contribution is 2.50. The fourth-order valence-corrected chi connectivity index (χ4v) is 7.16. The standard InChI is InChI=1S/C25H39ClOSi/c1-23(2,3)17-12-13-18(22(17)28(10)11)25(7,8)20-15-16(26)14-19(21(20)27-9)24(4,5)6/h12-15,17,28H,1-11H3. The number of ether oxygens (including phenoxy) is 1.